The molecule has 0 saturated heterocycles. The Labute approximate surface area is 183 Å². The Hall–Kier alpha value is -2.71. The van der Waals surface area contributed by atoms with Crippen LogP contribution in [0.2, 0.25) is 0 Å². The molecule has 3 aromatic rings. The highest BCUT2D eigenvalue weighted by Crippen LogP contribution is 2.24. The van der Waals surface area contributed by atoms with E-state index in [-0.39, 0.29) is 17.3 Å². The zero-order chi connectivity index (χ0) is 22.4. The van der Waals surface area contributed by atoms with Crippen LogP contribution < -0.4 is 0 Å². The molecule has 2 heterocycles. The van der Waals surface area contributed by atoms with Crippen LogP contribution in [-0.4, -0.2) is 48.1 Å². The molecule has 0 radical (unpaired) electrons. The number of rotatable bonds is 10. The van der Waals surface area contributed by atoms with Crippen molar-refractivity contribution in [3.8, 4) is 0 Å². The summed E-state index contributed by atoms with van der Waals surface area (Å²) in [7, 11) is -3.74. The zero-order valence-electron chi connectivity index (χ0n) is 18.2. The summed E-state index contributed by atoms with van der Waals surface area (Å²) in [6.07, 6.45) is 5.39. The standard InChI is InChI=1S/C23H29N3O4S/c1-18(2)16-25(19(3)27)12-4-13-26(17-20-7-10-24-11-8-20)31(28,29)22-5-6-23-21(15-22)9-14-30-23/h5-11,14-15,18H,4,12-13,16-17H2,1-3H3. The maximum absolute atomic E-state index is 13.5. The van der Waals surface area contributed by atoms with Gasteiger partial charge in [-0.05, 0) is 54.3 Å². The number of benzene rings is 1. The van der Waals surface area contributed by atoms with Gasteiger partial charge in [-0.25, -0.2) is 8.42 Å². The summed E-state index contributed by atoms with van der Waals surface area (Å²) in [5.74, 6) is 0.352. The monoisotopic (exact) mass is 443 g/mol. The van der Waals surface area contributed by atoms with Gasteiger partial charge in [0.05, 0.1) is 11.2 Å². The van der Waals surface area contributed by atoms with Crippen LogP contribution in [0.25, 0.3) is 11.0 Å². The van der Waals surface area contributed by atoms with Crippen LogP contribution in [0, 0.1) is 5.92 Å². The van der Waals surface area contributed by atoms with Gasteiger partial charge in [0.1, 0.15) is 5.58 Å². The summed E-state index contributed by atoms with van der Waals surface area (Å²) in [5, 5.41) is 0.740. The molecule has 0 aliphatic rings. The van der Waals surface area contributed by atoms with E-state index in [0.29, 0.717) is 37.6 Å². The molecule has 0 atom stereocenters. The summed E-state index contributed by atoms with van der Waals surface area (Å²) in [6, 6.07) is 10.2. The minimum atomic E-state index is -3.74. The highest BCUT2D eigenvalue weighted by atomic mass is 32.2. The molecule has 0 spiro atoms. The van der Waals surface area contributed by atoms with Crippen LogP contribution in [-0.2, 0) is 21.4 Å². The Morgan fingerprint density at radius 1 is 1.10 bits per heavy atom. The average Bonchev–Trinajstić information content (AvgIpc) is 3.20. The van der Waals surface area contributed by atoms with Gasteiger partial charge in [-0.15, -0.1) is 0 Å². The van der Waals surface area contributed by atoms with E-state index in [0.717, 1.165) is 10.9 Å². The van der Waals surface area contributed by atoms with Gasteiger partial charge in [-0.1, -0.05) is 13.8 Å². The molecule has 1 amide bonds. The quantitative estimate of drug-likeness (QED) is 0.474. The fourth-order valence-corrected chi connectivity index (χ4v) is 4.99. The minimum Gasteiger partial charge on any atom is -0.464 e. The predicted molar refractivity (Wildman–Crippen MR) is 120 cm³/mol. The lowest BCUT2D eigenvalue weighted by atomic mass is 10.2. The molecule has 7 nitrogen and oxygen atoms in total. The Bertz CT molecular complexity index is 1110. The van der Waals surface area contributed by atoms with Crippen molar-refractivity contribution in [3.63, 3.8) is 0 Å². The van der Waals surface area contributed by atoms with Gasteiger partial charge >= 0.3 is 0 Å². The Morgan fingerprint density at radius 2 is 1.84 bits per heavy atom. The lowest BCUT2D eigenvalue weighted by molar-refractivity contribution is -0.129. The fraction of sp³-hybridized carbons (Fsp3) is 0.391. The number of aromatic nitrogens is 1. The van der Waals surface area contributed by atoms with E-state index >= 15 is 0 Å². The molecular weight excluding hydrogens is 414 g/mol. The number of fused-ring (bicyclic) bond motifs is 1. The highest BCUT2D eigenvalue weighted by molar-refractivity contribution is 7.89. The lowest BCUT2D eigenvalue weighted by Gasteiger charge is -2.26. The summed E-state index contributed by atoms with van der Waals surface area (Å²) in [6.45, 7) is 7.37. The van der Waals surface area contributed by atoms with Gasteiger partial charge in [-0.2, -0.15) is 4.31 Å². The van der Waals surface area contributed by atoms with Crippen molar-refractivity contribution in [2.45, 2.75) is 38.6 Å². The van der Waals surface area contributed by atoms with Crippen molar-refractivity contribution in [1.29, 1.82) is 0 Å². The number of hydrogen-bond acceptors (Lipinski definition) is 5. The SMILES string of the molecule is CC(=O)N(CCCN(Cc1ccncc1)S(=O)(=O)c1ccc2occc2c1)CC(C)C. The molecule has 166 valence electrons. The largest absolute Gasteiger partial charge is 0.464 e. The van der Waals surface area contributed by atoms with Crippen LogP contribution in [0.15, 0.2) is 64.4 Å². The second-order valence-electron chi connectivity index (χ2n) is 8.03. The fourth-order valence-electron chi connectivity index (χ4n) is 3.49. The number of hydrogen-bond donors (Lipinski definition) is 0. The van der Waals surface area contributed by atoms with E-state index in [2.05, 4.69) is 18.8 Å². The van der Waals surface area contributed by atoms with Crippen molar-refractivity contribution in [3.05, 3.63) is 60.6 Å². The normalized spacial score (nSPS) is 12.0. The first-order valence-corrected chi connectivity index (χ1v) is 11.8. The molecule has 0 unspecified atom stereocenters. The molecule has 0 bridgehead atoms. The van der Waals surface area contributed by atoms with Gasteiger partial charge in [0.25, 0.3) is 0 Å². The third-order valence-electron chi connectivity index (χ3n) is 5.04. The molecule has 0 N–H and O–H groups in total. The molecule has 0 saturated carbocycles. The Morgan fingerprint density at radius 3 is 2.52 bits per heavy atom. The number of pyridine rings is 1. The zero-order valence-corrected chi connectivity index (χ0v) is 19.0. The van der Waals surface area contributed by atoms with Crippen molar-refractivity contribution < 1.29 is 17.6 Å². The highest BCUT2D eigenvalue weighted by Gasteiger charge is 2.25. The third kappa shape index (κ3) is 5.92. The number of amides is 1. The van der Waals surface area contributed by atoms with Gasteiger partial charge in [0, 0.05) is 50.9 Å². The van der Waals surface area contributed by atoms with Gasteiger partial charge in [0.15, 0.2) is 0 Å². The number of carbonyl (C=O) groups is 1. The van der Waals surface area contributed by atoms with E-state index in [1.54, 1.807) is 54.7 Å². The van der Waals surface area contributed by atoms with Crippen LogP contribution in [0.5, 0.6) is 0 Å². The third-order valence-corrected chi connectivity index (χ3v) is 6.88. The first kappa shape index (κ1) is 23.0. The van der Waals surface area contributed by atoms with E-state index in [1.807, 2.05) is 12.1 Å². The topological polar surface area (TPSA) is 83.7 Å². The second kappa shape index (κ2) is 10.1. The number of furan rings is 1. The first-order chi connectivity index (χ1) is 14.8. The van der Waals surface area contributed by atoms with E-state index in [4.69, 9.17) is 4.42 Å². The smallest absolute Gasteiger partial charge is 0.243 e. The molecular formula is C23H29N3O4S. The summed E-state index contributed by atoms with van der Waals surface area (Å²) >= 11 is 0. The first-order valence-electron chi connectivity index (χ1n) is 10.4. The summed E-state index contributed by atoms with van der Waals surface area (Å²) in [4.78, 5) is 18.0. The number of sulfonamides is 1. The van der Waals surface area contributed by atoms with E-state index in [9.17, 15) is 13.2 Å². The number of nitrogens with zero attached hydrogens (tertiary/aromatic N) is 3. The molecule has 0 aliphatic carbocycles. The second-order valence-corrected chi connectivity index (χ2v) is 9.96. The maximum atomic E-state index is 13.5. The van der Waals surface area contributed by atoms with Crippen molar-refractivity contribution in [2.75, 3.05) is 19.6 Å². The van der Waals surface area contributed by atoms with Gasteiger partial charge in [-0.3, -0.25) is 9.78 Å². The van der Waals surface area contributed by atoms with Crippen molar-refractivity contribution in [2.24, 2.45) is 5.92 Å². The maximum Gasteiger partial charge on any atom is 0.243 e. The molecule has 1 aromatic carbocycles. The van der Waals surface area contributed by atoms with Crippen LogP contribution in [0.1, 0.15) is 32.8 Å². The van der Waals surface area contributed by atoms with E-state index in [1.165, 1.54) is 4.31 Å². The summed E-state index contributed by atoms with van der Waals surface area (Å²) < 4.78 is 33.8. The average molecular weight is 444 g/mol. The Balaban J connectivity index is 1.82. The number of carbonyl (C=O) groups excluding carboxylic acids is 1. The molecule has 31 heavy (non-hydrogen) atoms. The lowest BCUT2D eigenvalue weighted by Crippen LogP contribution is -2.37. The van der Waals surface area contributed by atoms with Crippen LogP contribution in [0.4, 0.5) is 0 Å². The minimum absolute atomic E-state index is 0.00245. The van der Waals surface area contributed by atoms with Crippen molar-refractivity contribution in [1.82, 2.24) is 14.2 Å². The van der Waals surface area contributed by atoms with Crippen molar-refractivity contribution >= 4 is 26.9 Å². The predicted octanol–water partition coefficient (Wildman–Crippen LogP) is 3.91. The molecule has 3 rings (SSSR count). The van der Waals surface area contributed by atoms with Crippen LogP contribution >= 0.6 is 0 Å². The molecule has 2 aromatic heterocycles. The molecule has 8 heteroatoms. The van der Waals surface area contributed by atoms with Gasteiger partial charge in [0.2, 0.25) is 15.9 Å². The summed E-state index contributed by atoms with van der Waals surface area (Å²) in [5.41, 5.74) is 1.50. The Kier molecular flexibility index (Phi) is 7.46. The van der Waals surface area contributed by atoms with Crippen LogP contribution in [0.3, 0.4) is 0 Å². The van der Waals surface area contributed by atoms with E-state index < -0.39 is 10.0 Å². The molecule has 0 aliphatic heterocycles. The van der Waals surface area contributed by atoms with Gasteiger partial charge < -0.3 is 9.32 Å². The molecule has 0 fully saturated rings.